The summed E-state index contributed by atoms with van der Waals surface area (Å²) in [5.74, 6) is -1.48. The summed E-state index contributed by atoms with van der Waals surface area (Å²) in [5, 5.41) is 11.3. The van der Waals surface area contributed by atoms with Gasteiger partial charge in [0.15, 0.2) is 0 Å². The molecule has 1 unspecified atom stereocenters. The minimum Gasteiger partial charge on any atom is -0.481 e. The summed E-state index contributed by atoms with van der Waals surface area (Å²) >= 11 is 0. The van der Waals surface area contributed by atoms with Crippen LogP contribution >= 0.6 is 0 Å². The van der Waals surface area contributed by atoms with Crippen molar-refractivity contribution in [2.75, 3.05) is 19.6 Å². The molecule has 0 heterocycles. The Morgan fingerprint density at radius 3 is 2.62 bits per heavy atom. The maximum Gasteiger partial charge on any atom is 0.317 e. The van der Waals surface area contributed by atoms with Gasteiger partial charge in [0.25, 0.3) is 0 Å². The summed E-state index contributed by atoms with van der Waals surface area (Å²) in [5.41, 5.74) is 0. The van der Waals surface area contributed by atoms with Crippen molar-refractivity contribution >= 4 is 12.0 Å². The fraction of sp³-hybridized carbons (Fsp3) is 0.636. The molecule has 0 saturated carbocycles. The van der Waals surface area contributed by atoms with Crippen LogP contribution in [0.25, 0.3) is 0 Å². The molecule has 0 aliphatic carbocycles. The summed E-state index contributed by atoms with van der Waals surface area (Å²) in [6, 6.07) is -0.241. The quantitative estimate of drug-likeness (QED) is 0.645. The lowest BCUT2D eigenvalue weighted by Crippen LogP contribution is -2.42. The van der Waals surface area contributed by atoms with E-state index in [1.807, 2.05) is 6.92 Å². The fourth-order valence-corrected chi connectivity index (χ4v) is 1.14. The van der Waals surface area contributed by atoms with Crippen LogP contribution in [0.15, 0.2) is 12.7 Å². The molecule has 2 N–H and O–H groups in total. The topological polar surface area (TPSA) is 69.6 Å². The molecular formula is C11H20N2O3. The number of urea groups is 1. The predicted molar refractivity (Wildman–Crippen MR) is 62.3 cm³/mol. The van der Waals surface area contributed by atoms with E-state index in [9.17, 15) is 9.59 Å². The molecule has 16 heavy (non-hydrogen) atoms. The molecule has 0 bridgehead atoms. The summed E-state index contributed by atoms with van der Waals surface area (Å²) in [7, 11) is 0. The van der Waals surface area contributed by atoms with Crippen molar-refractivity contribution < 1.29 is 14.7 Å². The molecule has 1 atom stereocenters. The maximum absolute atomic E-state index is 11.6. The second-order valence-electron chi connectivity index (χ2n) is 3.66. The van der Waals surface area contributed by atoms with Crippen molar-refractivity contribution in [2.24, 2.45) is 5.92 Å². The van der Waals surface area contributed by atoms with Crippen LogP contribution in [-0.4, -0.2) is 41.6 Å². The smallest absolute Gasteiger partial charge is 0.317 e. The van der Waals surface area contributed by atoms with Gasteiger partial charge in [0.1, 0.15) is 0 Å². The Labute approximate surface area is 96.1 Å². The highest BCUT2D eigenvalue weighted by Crippen LogP contribution is 1.96. The van der Waals surface area contributed by atoms with Gasteiger partial charge in [0.05, 0.1) is 5.92 Å². The molecule has 5 heteroatoms. The summed E-state index contributed by atoms with van der Waals surface area (Å²) in [6.07, 6.45) is 2.51. The number of nitrogens with one attached hydrogen (secondary N) is 1. The van der Waals surface area contributed by atoms with Crippen LogP contribution in [0.3, 0.4) is 0 Å². The molecular weight excluding hydrogens is 208 g/mol. The second-order valence-corrected chi connectivity index (χ2v) is 3.66. The van der Waals surface area contributed by atoms with Gasteiger partial charge in [-0.15, -0.1) is 6.58 Å². The third-order valence-electron chi connectivity index (χ3n) is 2.11. The number of rotatable bonds is 7. The number of amides is 2. The molecule has 0 aliphatic rings. The van der Waals surface area contributed by atoms with E-state index in [-0.39, 0.29) is 12.6 Å². The lowest BCUT2D eigenvalue weighted by atomic mass is 10.2. The zero-order valence-corrected chi connectivity index (χ0v) is 9.90. The van der Waals surface area contributed by atoms with E-state index in [2.05, 4.69) is 11.9 Å². The zero-order valence-electron chi connectivity index (χ0n) is 9.90. The van der Waals surface area contributed by atoms with E-state index in [1.165, 1.54) is 0 Å². The second kappa shape index (κ2) is 7.73. The van der Waals surface area contributed by atoms with Crippen molar-refractivity contribution in [3.05, 3.63) is 12.7 Å². The molecule has 5 nitrogen and oxygen atoms in total. The van der Waals surface area contributed by atoms with E-state index in [4.69, 9.17) is 5.11 Å². The van der Waals surface area contributed by atoms with Crippen molar-refractivity contribution in [1.82, 2.24) is 10.2 Å². The van der Waals surface area contributed by atoms with E-state index in [0.717, 1.165) is 6.42 Å². The number of carboxylic acids is 1. The molecule has 0 fully saturated rings. The van der Waals surface area contributed by atoms with Gasteiger partial charge in [0.2, 0.25) is 0 Å². The molecule has 2 amide bonds. The Morgan fingerprint density at radius 2 is 2.19 bits per heavy atom. The van der Waals surface area contributed by atoms with Crippen LogP contribution in [0, 0.1) is 5.92 Å². The number of hydrogen-bond donors (Lipinski definition) is 2. The molecule has 0 aromatic carbocycles. The third kappa shape index (κ3) is 5.38. The molecule has 0 aromatic rings. The number of carbonyl (C=O) groups excluding carboxylic acids is 1. The Balaban J connectivity index is 4.09. The minimum atomic E-state index is -0.911. The van der Waals surface area contributed by atoms with E-state index in [0.29, 0.717) is 13.1 Å². The highest BCUT2D eigenvalue weighted by Gasteiger charge is 2.15. The van der Waals surface area contributed by atoms with Crippen LogP contribution in [0.4, 0.5) is 4.79 Å². The minimum absolute atomic E-state index is 0.144. The van der Waals surface area contributed by atoms with Crippen LogP contribution in [-0.2, 0) is 4.79 Å². The maximum atomic E-state index is 11.6. The van der Waals surface area contributed by atoms with Gasteiger partial charge < -0.3 is 15.3 Å². The first kappa shape index (κ1) is 14.5. The standard InChI is InChI=1S/C11H20N2O3/c1-4-6-13(7-5-2)11(16)12-8-9(3)10(14)15/h4,9H,1,5-8H2,2-3H3,(H,12,16)(H,14,15). The summed E-state index contributed by atoms with van der Waals surface area (Å²) in [6.45, 7) is 8.36. The lowest BCUT2D eigenvalue weighted by molar-refractivity contribution is -0.140. The number of nitrogens with zero attached hydrogens (tertiary/aromatic N) is 1. The van der Waals surface area contributed by atoms with E-state index in [1.54, 1.807) is 17.9 Å². The van der Waals surface area contributed by atoms with Gasteiger partial charge in [-0.1, -0.05) is 19.9 Å². The first-order valence-corrected chi connectivity index (χ1v) is 5.39. The molecule has 0 rings (SSSR count). The molecule has 0 radical (unpaired) electrons. The highest BCUT2D eigenvalue weighted by atomic mass is 16.4. The Morgan fingerprint density at radius 1 is 1.56 bits per heavy atom. The van der Waals surface area contributed by atoms with Gasteiger partial charge in [-0.3, -0.25) is 4.79 Å². The zero-order chi connectivity index (χ0) is 12.6. The van der Waals surface area contributed by atoms with Gasteiger partial charge >= 0.3 is 12.0 Å². The number of carboxylic acid groups (broad SMARTS) is 1. The van der Waals surface area contributed by atoms with Crippen molar-refractivity contribution in [1.29, 1.82) is 0 Å². The summed E-state index contributed by atoms with van der Waals surface area (Å²) in [4.78, 5) is 23.8. The monoisotopic (exact) mass is 228 g/mol. The number of aliphatic carboxylic acids is 1. The van der Waals surface area contributed by atoms with Gasteiger partial charge in [-0.2, -0.15) is 0 Å². The number of carbonyl (C=O) groups is 2. The van der Waals surface area contributed by atoms with Gasteiger partial charge in [0, 0.05) is 19.6 Å². The molecule has 0 spiro atoms. The molecule has 92 valence electrons. The van der Waals surface area contributed by atoms with Crippen molar-refractivity contribution in [3.8, 4) is 0 Å². The van der Waals surface area contributed by atoms with Crippen LogP contribution in [0.5, 0.6) is 0 Å². The third-order valence-corrected chi connectivity index (χ3v) is 2.11. The van der Waals surface area contributed by atoms with Gasteiger partial charge in [-0.25, -0.2) is 4.79 Å². The Hall–Kier alpha value is -1.52. The van der Waals surface area contributed by atoms with Crippen molar-refractivity contribution in [3.63, 3.8) is 0 Å². The Kier molecular flexibility index (Phi) is 7.00. The van der Waals surface area contributed by atoms with Crippen molar-refractivity contribution in [2.45, 2.75) is 20.3 Å². The average Bonchev–Trinajstić information content (AvgIpc) is 2.24. The average molecular weight is 228 g/mol. The van der Waals surface area contributed by atoms with E-state index < -0.39 is 11.9 Å². The molecule has 0 aliphatic heterocycles. The van der Waals surface area contributed by atoms with Crippen LogP contribution in [0.1, 0.15) is 20.3 Å². The lowest BCUT2D eigenvalue weighted by Gasteiger charge is -2.21. The highest BCUT2D eigenvalue weighted by molar-refractivity contribution is 5.76. The van der Waals surface area contributed by atoms with E-state index >= 15 is 0 Å². The normalized spacial score (nSPS) is 11.6. The Bertz CT molecular complexity index is 254. The molecule has 0 aromatic heterocycles. The van der Waals surface area contributed by atoms with Crippen LogP contribution in [0.2, 0.25) is 0 Å². The first-order chi connectivity index (χ1) is 7.52. The predicted octanol–water partition coefficient (Wildman–Crippen LogP) is 1.31. The first-order valence-electron chi connectivity index (χ1n) is 5.39. The van der Waals surface area contributed by atoms with Gasteiger partial charge in [-0.05, 0) is 6.42 Å². The SMILES string of the molecule is C=CCN(CCC)C(=O)NCC(C)C(=O)O. The molecule has 0 saturated heterocycles. The number of hydrogen-bond acceptors (Lipinski definition) is 2. The summed E-state index contributed by atoms with van der Waals surface area (Å²) < 4.78 is 0. The van der Waals surface area contributed by atoms with Crippen LogP contribution < -0.4 is 5.32 Å². The largest absolute Gasteiger partial charge is 0.481 e. The fourth-order valence-electron chi connectivity index (χ4n) is 1.14.